The van der Waals surface area contributed by atoms with Gasteiger partial charge in [-0.1, -0.05) is 48.5 Å². The van der Waals surface area contributed by atoms with Crippen LogP contribution in [0.15, 0.2) is 0 Å². The van der Waals surface area contributed by atoms with E-state index in [4.69, 9.17) is 14.2 Å². The third-order valence-corrected chi connectivity index (χ3v) is 17.0. The molecule has 0 aromatic heterocycles. The molecule has 2 spiro atoms. The summed E-state index contributed by atoms with van der Waals surface area (Å²) < 4.78 is 32.5. The molecule has 0 radical (unpaired) electrons. The van der Waals surface area contributed by atoms with Crippen LogP contribution in [0.3, 0.4) is 0 Å². The third kappa shape index (κ3) is 4.84. The Morgan fingerprint density at radius 3 is 2.38 bits per heavy atom. The minimum absolute atomic E-state index is 0.0370. The number of alkyl halides is 1. The second kappa shape index (κ2) is 11.9. The number of carbonyl (C=O) groups excluding carboxylic acids is 2. The van der Waals surface area contributed by atoms with Crippen molar-refractivity contribution in [1.82, 2.24) is 15.1 Å². The first kappa shape index (κ1) is 35.4. The summed E-state index contributed by atoms with van der Waals surface area (Å²) in [6.45, 7) is 19.7. The van der Waals surface area contributed by atoms with Crippen molar-refractivity contribution in [1.29, 1.82) is 0 Å². The average Bonchev–Trinajstić information content (AvgIpc) is 3.64. The fourth-order valence-electron chi connectivity index (χ4n) is 14.2. The van der Waals surface area contributed by atoms with Gasteiger partial charge in [-0.2, -0.15) is 0 Å². The van der Waals surface area contributed by atoms with Crippen LogP contribution in [0.2, 0.25) is 0 Å². The summed E-state index contributed by atoms with van der Waals surface area (Å²) in [4.78, 5) is 29.7. The van der Waals surface area contributed by atoms with Crippen LogP contribution in [-0.2, 0) is 14.2 Å². The molecule has 3 heterocycles. The molecular weight excluding hydrogens is 637 g/mol. The second-order valence-electron chi connectivity index (χ2n) is 19.7. The van der Waals surface area contributed by atoms with Crippen LogP contribution < -0.4 is 5.32 Å². The second-order valence-corrected chi connectivity index (χ2v) is 19.7. The minimum atomic E-state index is -0.737. The van der Waals surface area contributed by atoms with Crippen molar-refractivity contribution >= 4 is 12.2 Å². The number of hydrogen-bond donors (Lipinski definition) is 2. The largest absolute Gasteiger partial charge is 0.446 e. The van der Waals surface area contributed by atoms with E-state index >= 15 is 0 Å². The SMILES string of the molecule is CC(C)[C@@H](OC(=O)N1CCC1)C1C[C@@H](C)[C@H]2C(O1)[C@H](O)[C@@]1(C)C3CC[C@H]4C(C)(C)[C@@H](OC(=O)NCCN5CC(F)C5)CC[C@@]45CC35CC[C@]21C. The highest BCUT2D eigenvalue weighted by atomic mass is 19.1. The predicted molar refractivity (Wildman–Crippen MR) is 187 cm³/mol. The highest BCUT2D eigenvalue weighted by Crippen LogP contribution is 2.89. The van der Waals surface area contributed by atoms with E-state index in [0.717, 1.165) is 58.0 Å². The molecule has 5 aliphatic carbocycles. The Hall–Kier alpha value is -1.65. The van der Waals surface area contributed by atoms with Gasteiger partial charge in [-0.15, -0.1) is 0 Å². The Labute approximate surface area is 299 Å². The monoisotopic (exact) mass is 701 g/mol. The molecule has 50 heavy (non-hydrogen) atoms. The van der Waals surface area contributed by atoms with Gasteiger partial charge in [0, 0.05) is 50.1 Å². The summed E-state index contributed by atoms with van der Waals surface area (Å²) in [6, 6.07) is 0. The number of aliphatic hydroxyl groups is 1. The van der Waals surface area contributed by atoms with Gasteiger partial charge < -0.3 is 29.5 Å². The normalized spacial score (nSPS) is 48.1. The lowest BCUT2D eigenvalue weighted by molar-refractivity contribution is -0.185. The molecule has 282 valence electrons. The molecule has 9 nitrogen and oxygen atoms in total. The number of hydrogen-bond acceptors (Lipinski definition) is 7. The topological polar surface area (TPSA) is 101 Å². The summed E-state index contributed by atoms with van der Waals surface area (Å²) >= 11 is 0. The van der Waals surface area contributed by atoms with Gasteiger partial charge in [0.15, 0.2) is 0 Å². The number of nitrogens with one attached hydrogen (secondary N) is 1. The van der Waals surface area contributed by atoms with Crippen molar-refractivity contribution in [3.63, 3.8) is 0 Å². The number of amides is 2. The zero-order valence-corrected chi connectivity index (χ0v) is 31.7. The van der Waals surface area contributed by atoms with Crippen LogP contribution in [0.1, 0.15) is 106 Å². The van der Waals surface area contributed by atoms with Crippen molar-refractivity contribution < 1.29 is 33.3 Å². The number of halogens is 1. The van der Waals surface area contributed by atoms with E-state index < -0.39 is 12.3 Å². The molecule has 3 aliphatic heterocycles. The first-order chi connectivity index (χ1) is 23.6. The van der Waals surface area contributed by atoms with Crippen molar-refractivity contribution in [2.24, 2.45) is 56.7 Å². The molecule has 8 aliphatic rings. The fraction of sp³-hybridized carbons (Fsp3) is 0.950. The number of nitrogens with zero attached hydrogens (tertiary/aromatic N) is 2. The lowest BCUT2D eigenvalue weighted by Crippen LogP contribution is -2.60. The molecule has 0 aromatic carbocycles. The molecule has 8 fully saturated rings. The Balaban J connectivity index is 0.978. The maximum atomic E-state index is 13.2. The van der Waals surface area contributed by atoms with Crippen LogP contribution in [-0.4, -0.2) is 103 Å². The summed E-state index contributed by atoms with van der Waals surface area (Å²) in [6.07, 6.45) is 6.69. The molecule has 8 rings (SSSR count). The van der Waals surface area contributed by atoms with Gasteiger partial charge in [0.05, 0.1) is 18.3 Å². The highest BCUT2D eigenvalue weighted by molar-refractivity contribution is 5.68. The van der Waals surface area contributed by atoms with E-state index in [9.17, 15) is 19.1 Å². The van der Waals surface area contributed by atoms with Crippen molar-refractivity contribution in [3.8, 4) is 0 Å². The van der Waals surface area contributed by atoms with Gasteiger partial charge in [0.25, 0.3) is 0 Å². The number of ether oxygens (including phenoxy) is 3. The lowest BCUT2D eigenvalue weighted by Gasteiger charge is -2.63. The van der Waals surface area contributed by atoms with Crippen LogP contribution >= 0.6 is 0 Å². The molecule has 2 N–H and O–H groups in total. The van der Waals surface area contributed by atoms with E-state index in [0.29, 0.717) is 43.9 Å². The molecule has 4 unspecified atom stereocenters. The van der Waals surface area contributed by atoms with Gasteiger partial charge in [-0.3, -0.25) is 4.90 Å². The van der Waals surface area contributed by atoms with E-state index in [1.54, 1.807) is 4.90 Å². The number of rotatable bonds is 7. The van der Waals surface area contributed by atoms with E-state index in [2.05, 4.69) is 53.8 Å². The van der Waals surface area contributed by atoms with Crippen LogP contribution in [0.5, 0.6) is 0 Å². The van der Waals surface area contributed by atoms with E-state index in [1.807, 2.05) is 4.90 Å². The fourth-order valence-corrected chi connectivity index (χ4v) is 14.2. The molecule has 3 saturated heterocycles. The van der Waals surface area contributed by atoms with E-state index in [1.165, 1.54) is 12.8 Å². The van der Waals surface area contributed by atoms with Gasteiger partial charge in [-0.05, 0) is 104 Å². The average molecular weight is 702 g/mol. The van der Waals surface area contributed by atoms with Crippen LogP contribution in [0.4, 0.5) is 14.0 Å². The van der Waals surface area contributed by atoms with Gasteiger partial charge >= 0.3 is 12.2 Å². The molecule has 13 atom stereocenters. The maximum absolute atomic E-state index is 13.2. The molecule has 5 saturated carbocycles. The number of aliphatic hydroxyl groups excluding tert-OH is 1. The number of carbonyl (C=O) groups is 2. The smallest absolute Gasteiger partial charge is 0.410 e. The van der Waals surface area contributed by atoms with Crippen molar-refractivity contribution in [2.45, 2.75) is 143 Å². The third-order valence-electron chi connectivity index (χ3n) is 17.0. The molecule has 10 heteroatoms. The Morgan fingerprint density at radius 2 is 1.72 bits per heavy atom. The van der Waals surface area contributed by atoms with Crippen LogP contribution in [0.25, 0.3) is 0 Å². The molecule has 0 bridgehead atoms. The Bertz CT molecular complexity index is 1350. The minimum Gasteiger partial charge on any atom is -0.446 e. The Kier molecular flexibility index (Phi) is 8.44. The van der Waals surface area contributed by atoms with E-state index in [-0.39, 0.29) is 75.5 Å². The summed E-state index contributed by atoms with van der Waals surface area (Å²) in [5.41, 5.74) is -0.00101. The van der Waals surface area contributed by atoms with Crippen molar-refractivity contribution in [2.75, 3.05) is 39.3 Å². The molecule has 0 aromatic rings. The molecule has 2 amide bonds. The van der Waals surface area contributed by atoms with Gasteiger partial charge in [0.2, 0.25) is 0 Å². The zero-order valence-electron chi connectivity index (χ0n) is 31.7. The first-order valence-corrected chi connectivity index (χ1v) is 20.2. The number of likely N-dealkylation sites (tertiary alicyclic amines) is 2. The van der Waals surface area contributed by atoms with Gasteiger partial charge in [-0.25, -0.2) is 14.0 Å². The van der Waals surface area contributed by atoms with Crippen molar-refractivity contribution in [3.05, 3.63) is 0 Å². The summed E-state index contributed by atoms with van der Waals surface area (Å²) in [5.74, 6) is 1.64. The number of fused-ring (bicyclic) bond motifs is 4. The summed E-state index contributed by atoms with van der Waals surface area (Å²) in [7, 11) is 0. The molecular formula is C40H64FN3O6. The Morgan fingerprint density at radius 1 is 1.02 bits per heavy atom. The first-order valence-electron chi connectivity index (χ1n) is 20.2. The standard InChI is InChI=1S/C40H64FN3O6/c1-23(2)31(50-35(47)44-16-8-17-44)26-19-24(3)30-32(48-26)33(45)38(7)28-10-9-27-36(4,5)29(49-34(46)42-15-18-43-20-25(41)21-43)11-12-39(27)22-40(28,39)14-13-37(30,38)6/h23-33,45H,8-22H2,1-7H3,(H,42,46)/t24-,26?,27+,28?,29+,30+,31-,32?,33+,37-,38-,39-,40?/m1/s1. The lowest BCUT2D eigenvalue weighted by atomic mass is 9.41. The summed E-state index contributed by atoms with van der Waals surface area (Å²) in [5, 5.41) is 15.6. The maximum Gasteiger partial charge on any atom is 0.410 e. The quantitative estimate of drug-likeness (QED) is 0.316. The highest BCUT2D eigenvalue weighted by Gasteiger charge is 2.84. The predicted octanol–water partition coefficient (Wildman–Crippen LogP) is 6.42. The van der Waals surface area contributed by atoms with Gasteiger partial charge in [0.1, 0.15) is 18.4 Å². The number of alkyl carbamates (subject to hydrolysis) is 1. The van der Waals surface area contributed by atoms with Crippen LogP contribution in [0, 0.1) is 56.7 Å². The zero-order chi connectivity index (χ0) is 35.6.